The molecule has 5 heavy (non-hydrogen) atoms. The van der Waals surface area contributed by atoms with E-state index in [1.807, 2.05) is 0 Å². The molecule has 1 aliphatic rings. The lowest BCUT2D eigenvalue weighted by Gasteiger charge is -1.77. The van der Waals surface area contributed by atoms with E-state index in [0.29, 0.717) is 0 Å². The van der Waals surface area contributed by atoms with Gasteiger partial charge in [0.25, 0.3) is 5.91 Å². The SMILES string of the molecule is CC1(O)NO1. The molecular weight excluding hydrogens is 70.0 g/mol. The van der Waals surface area contributed by atoms with E-state index in [1.165, 1.54) is 6.92 Å². The summed E-state index contributed by atoms with van der Waals surface area (Å²) in [6, 6.07) is 0. The van der Waals surface area contributed by atoms with Gasteiger partial charge in [0.05, 0.1) is 0 Å². The van der Waals surface area contributed by atoms with Crippen LogP contribution in [0.2, 0.25) is 0 Å². The molecule has 1 unspecified atom stereocenters. The van der Waals surface area contributed by atoms with Crippen LogP contribution in [-0.2, 0) is 4.84 Å². The summed E-state index contributed by atoms with van der Waals surface area (Å²) in [4.78, 5) is 4.20. The predicted molar refractivity (Wildman–Crippen MR) is 14.8 cm³/mol. The Morgan fingerprint density at radius 1 is 2.00 bits per heavy atom. The third-order valence-corrected chi connectivity index (χ3v) is 0.397. The zero-order chi connectivity index (χ0) is 3.91. The first-order valence-electron chi connectivity index (χ1n) is 1.38. The lowest BCUT2D eigenvalue weighted by atomic mass is 10.7. The standard InChI is InChI=1S/C2H5NO2/c1-2(4)3-5-2/h3-4H,1H3. The van der Waals surface area contributed by atoms with E-state index in [-0.39, 0.29) is 0 Å². The molecule has 1 fully saturated rings. The Labute approximate surface area is 29.5 Å². The molecule has 1 atom stereocenters. The highest BCUT2D eigenvalue weighted by Crippen LogP contribution is 2.10. The molecule has 1 rings (SSSR count). The third-order valence-electron chi connectivity index (χ3n) is 0.397. The molecule has 0 aromatic carbocycles. The van der Waals surface area contributed by atoms with Crippen LogP contribution in [0.3, 0.4) is 0 Å². The van der Waals surface area contributed by atoms with Gasteiger partial charge in [0.1, 0.15) is 0 Å². The average Bonchev–Trinajstić information content (AvgIpc) is 1.76. The van der Waals surface area contributed by atoms with Crippen molar-refractivity contribution in [2.24, 2.45) is 0 Å². The monoisotopic (exact) mass is 75.0 g/mol. The average molecular weight is 75.1 g/mol. The minimum atomic E-state index is -1.00. The summed E-state index contributed by atoms with van der Waals surface area (Å²) in [5.74, 6) is -1.00. The van der Waals surface area contributed by atoms with E-state index in [0.717, 1.165) is 0 Å². The van der Waals surface area contributed by atoms with Gasteiger partial charge in [0, 0.05) is 6.92 Å². The molecule has 1 heterocycles. The summed E-state index contributed by atoms with van der Waals surface area (Å²) < 4.78 is 0. The predicted octanol–water partition coefficient (Wildman–Crippen LogP) is -0.813. The molecule has 0 saturated carbocycles. The Bertz CT molecular complexity index is 45.6. The first-order valence-corrected chi connectivity index (χ1v) is 1.38. The van der Waals surface area contributed by atoms with E-state index in [2.05, 4.69) is 10.3 Å². The van der Waals surface area contributed by atoms with Gasteiger partial charge in [0.2, 0.25) is 0 Å². The number of rotatable bonds is 0. The molecule has 0 aromatic heterocycles. The fourth-order valence-electron chi connectivity index (χ4n) is 0.0739. The van der Waals surface area contributed by atoms with Crippen LogP contribution >= 0.6 is 0 Å². The van der Waals surface area contributed by atoms with E-state index in [4.69, 9.17) is 5.11 Å². The minimum absolute atomic E-state index is 1.00. The fraction of sp³-hybridized carbons (Fsp3) is 1.00. The van der Waals surface area contributed by atoms with Gasteiger partial charge in [-0.15, -0.1) is 5.48 Å². The zero-order valence-electron chi connectivity index (χ0n) is 2.86. The number of hydroxylamine groups is 1. The van der Waals surface area contributed by atoms with Crippen LogP contribution < -0.4 is 5.48 Å². The Morgan fingerprint density at radius 3 is 2.20 bits per heavy atom. The zero-order valence-corrected chi connectivity index (χ0v) is 2.86. The first kappa shape index (κ1) is 3.08. The van der Waals surface area contributed by atoms with Crippen LogP contribution in [0.25, 0.3) is 0 Å². The maximum absolute atomic E-state index is 8.30. The van der Waals surface area contributed by atoms with Crippen molar-refractivity contribution in [3.8, 4) is 0 Å². The molecule has 0 aliphatic carbocycles. The van der Waals surface area contributed by atoms with Gasteiger partial charge in [-0.3, -0.25) is 0 Å². The molecule has 1 saturated heterocycles. The van der Waals surface area contributed by atoms with E-state index in [9.17, 15) is 0 Å². The summed E-state index contributed by atoms with van der Waals surface area (Å²) in [5.41, 5.74) is 2.23. The normalized spacial score (nSPS) is 49.2. The molecule has 0 aromatic rings. The van der Waals surface area contributed by atoms with Crippen molar-refractivity contribution >= 4 is 0 Å². The van der Waals surface area contributed by atoms with Gasteiger partial charge in [-0.05, 0) is 0 Å². The maximum atomic E-state index is 8.30. The lowest BCUT2D eigenvalue weighted by molar-refractivity contribution is 0.0549. The van der Waals surface area contributed by atoms with Crippen LogP contribution in [0.5, 0.6) is 0 Å². The smallest absolute Gasteiger partial charge is 0.261 e. The van der Waals surface area contributed by atoms with Crippen LogP contribution in [-0.4, -0.2) is 11.0 Å². The van der Waals surface area contributed by atoms with Crippen molar-refractivity contribution in [2.75, 3.05) is 0 Å². The van der Waals surface area contributed by atoms with Gasteiger partial charge < -0.3 is 5.11 Å². The number of hydrogen-bond acceptors (Lipinski definition) is 3. The number of hydrogen-bond donors (Lipinski definition) is 2. The van der Waals surface area contributed by atoms with Gasteiger partial charge in [-0.2, -0.15) is 0 Å². The largest absolute Gasteiger partial charge is 0.351 e. The van der Waals surface area contributed by atoms with Gasteiger partial charge in [-0.1, -0.05) is 0 Å². The molecule has 1 aliphatic heterocycles. The van der Waals surface area contributed by atoms with Gasteiger partial charge >= 0.3 is 0 Å². The molecule has 0 amide bonds. The molecule has 0 spiro atoms. The van der Waals surface area contributed by atoms with E-state index >= 15 is 0 Å². The molecule has 30 valence electrons. The second kappa shape index (κ2) is 0.518. The van der Waals surface area contributed by atoms with Crippen molar-refractivity contribution in [2.45, 2.75) is 12.8 Å². The first-order chi connectivity index (χ1) is 2.21. The molecule has 0 radical (unpaired) electrons. The third kappa shape index (κ3) is 0.576. The topological polar surface area (TPSA) is 54.7 Å². The maximum Gasteiger partial charge on any atom is 0.261 e. The minimum Gasteiger partial charge on any atom is -0.351 e. The Hall–Kier alpha value is -0.120. The van der Waals surface area contributed by atoms with Crippen LogP contribution in [0.4, 0.5) is 0 Å². The summed E-state index contributed by atoms with van der Waals surface area (Å²) >= 11 is 0. The Morgan fingerprint density at radius 2 is 2.20 bits per heavy atom. The second-order valence-electron chi connectivity index (χ2n) is 1.19. The van der Waals surface area contributed by atoms with Crippen molar-refractivity contribution in [1.29, 1.82) is 0 Å². The van der Waals surface area contributed by atoms with E-state index in [1.54, 1.807) is 0 Å². The van der Waals surface area contributed by atoms with Gasteiger partial charge in [0.15, 0.2) is 0 Å². The van der Waals surface area contributed by atoms with Crippen LogP contribution in [0, 0.1) is 0 Å². The van der Waals surface area contributed by atoms with Crippen molar-refractivity contribution < 1.29 is 9.94 Å². The van der Waals surface area contributed by atoms with Crippen molar-refractivity contribution in [1.82, 2.24) is 5.48 Å². The van der Waals surface area contributed by atoms with Crippen molar-refractivity contribution in [3.63, 3.8) is 0 Å². The molecule has 0 bridgehead atoms. The lowest BCUT2D eigenvalue weighted by Crippen LogP contribution is -2.04. The molecular formula is C2H5NO2. The second-order valence-corrected chi connectivity index (χ2v) is 1.19. The number of nitrogens with one attached hydrogen (secondary N) is 1. The summed E-state index contributed by atoms with van der Waals surface area (Å²) in [6.45, 7) is 1.52. The van der Waals surface area contributed by atoms with E-state index < -0.39 is 5.91 Å². The van der Waals surface area contributed by atoms with Crippen LogP contribution in [0.15, 0.2) is 0 Å². The summed E-state index contributed by atoms with van der Waals surface area (Å²) in [6.07, 6.45) is 0. The summed E-state index contributed by atoms with van der Waals surface area (Å²) in [7, 11) is 0. The molecule has 3 nitrogen and oxygen atoms in total. The Balaban J connectivity index is 2.38. The van der Waals surface area contributed by atoms with Gasteiger partial charge in [-0.25, -0.2) is 4.84 Å². The fourth-order valence-corrected chi connectivity index (χ4v) is 0.0739. The van der Waals surface area contributed by atoms with Crippen molar-refractivity contribution in [3.05, 3.63) is 0 Å². The number of aliphatic hydroxyl groups is 1. The summed E-state index contributed by atoms with van der Waals surface area (Å²) in [5, 5.41) is 8.30. The highest BCUT2D eigenvalue weighted by Gasteiger charge is 2.35. The quantitative estimate of drug-likeness (QED) is 0.370. The Kier molecular flexibility index (Phi) is 0.320. The molecule has 3 heteroatoms. The van der Waals surface area contributed by atoms with Crippen LogP contribution in [0.1, 0.15) is 6.92 Å². The highest BCUT2D eigenvalue weighted by atomic mass is 16.9. The molecule has 2 N–H and O–H groups in total. The highest BCUT2D eigenvalue weighted by molar-refractivity contribution is 4.56.